The zero-order chi connectivity index (χ0) is 13.3. The number of aromatic nitrogens is 2. The van der Waals surface area contributed by atoms with Crippen LogP contribution < -0.4 is 11.1 Å². The first-order valence-electron chi connectivity index (χ1n) is 5.59. The molecule has 3 N–H and O–H groups in total. The molecule has 1 aromatic rings. The molecule has 2 heterocycles. The molecule has 8 heteroatoms. The minimum Gasteiger partial charge on any atom is -0.376 e. The summed E-state index contributed by atoms with van der Waals surface area (Å²) in [6.45, 7) is 4.46. The first-order chi connectivity index (χ1) is 8.42. The molecule has 1 aliphatic heterocycles. The number of nitrogens with two attached hydrogens (primary N) is 1. The zero-order valence-corrected chi connectivity index (χ0v) is 10.2. The van der Waals surface area contributed by atoms with Crippen LogP contribution in [0.1, 0.15) is 20.3 Å². The Hall–Kier alpha value is -1.96. The van der Waals surface area contributed by atoms with Crippen molar-refractivity contribution in [2.24, 2.45) is 0 Å². The molecule has 1 aliphatic rings. The van der Waals surface area contributed by atoms with Gasteiger partial charge in [-0.25, -0.2) is 4.98 Å². The molecule has 1 aromatic heterocycles. The van der Waals surface area contributed by atoms with Crippen molar-refractivity contribution in [3.63, 3.8) is 0 Å². The van der Waals surface area contributed by atoms with Crippen LogP contribution >= 0.6 is 0 Å². The predicted molar refractivity (Wildman–Crippen MR) is 65.2 cm³/mol. The second-order valence-electron chi connectivity index (χ2n) is 4.52. The molecule has 1 fully saturated rings. The number of nitrogens with one attached hydrogen (secondary N) is 1. The van der Waals surface area contributed by atoms with Crippen LogP contribution in [0.15, 0.2) is 6.20 Å². The van der Waals surface area contributed by atoms with Crippen molar-refractivity contribution in [1.82, 2.24) is 9.97 Å². The van der Waals surface area contributed by atoms with Crippen molar-refractivity contribution in [3.8, 4) is 0 Å². The molecule has 0 aliphatic carbocycles. The van der Waals surface area contributed by atoms with Gasteiger partial charge in [0.2, 0.25) is 11.8 Å². The van der Waals surface area contributed by atoms with Gasteiger partial charge in [0.15, 0.2) is 0 Å². The Morgan fingerprint density at radius 3 is 3.00 bits per heavy atom. The zero-order valence-electron chi connectivity index (χ0n) is 10.2. The summed E-state index contributed by atoms with van der Waals surface area (Å²) >= 11 is 0. The summed E-state index contributed by atoms with van der Waals surface area (Å²) in [5.41, 5.74) is 4.88. The van der Waals surface area contributed by atoms with Gasteiger partial charge in [0.1, 0.15) is 6.20 Å². The Kier molecular flexibility index (Phi) is 3.04. The van der Waals surface area contributed by atoms with Gasteiger partial charge in [-0.05, 0) is 20.3 Å². The second kappa shape index (κ2) is 4.37. The van der Waals surface area contributed by atoms with E-state index in [0.29, 0.717) is 6.61 Å². The van der Waals surface area contributed by atoms with Crippen molar-refractivity contribution >= 4 is 17.5 Å². The third-order valence-electron chi connectivity index (χ3n) is 3.28. The van der Waals surface area contributed by atoms with Crippen molar-refractivity contribution < 1.29 is 9.66 Å². The topological polar surface area (TPSA) is 116 Å². The van der Waals surface area contributed by atoms with Gasteiger partial charge in [-0.3, -0.25) is 10.1 Å². The minimum absolute atomic E-state index is 0.00160. The van der Waals surface area contributed by atoms with Crippen LogP contribution in [0, 0.1) is 10.1 Å². The standard InChI is InChI=1S/C10H15N5O3/c1-6-10(2,3-4-18-6)14-8-7(15(16)17)5-12-9(11)13-8/h5-6H,3-4H2,1-2H3,(H3,11,12,13,14). The lowest BCUT2D eigenvalue weighted by molar-refractivity contribution is -0.384. The molecule has 0 radical (unpaired) electrons. The van der Waals surface area contributed by atoms with E-state index in [1.807, 2.05) is 13.8 Å². The Morgan fingerprint density at radius 1 is 1.72 bits per heavy atom. The van der Waals surface area contributed by atoms with Crippen LogP contribution in [0.4, 0.5) is 17.5 Å². The highest BCUT2D eigenvalue weighted by molar-refractivity contribution is 5.58. The Labute approximate surface area is 104 Å². The van der Waals surface area contributed by atoms with E-state index in [0.717, 1.165) is 12.6 Å². The molecule has 2 atom stereocenters. The van der Waals surface area contributed by atoms with Gasteiger partial charge in [-0.15, -0.1) is 0 Å². The van der Waals surface area contributed by atoms with E-state index in [1.165, 1.54) is 0 Å². The maximum absolute atomic E-state index is 10.9. The molecule has 8 nitrogen and oxygen atoms in total. The smallest absolute Gasteiger partial charge is 0.329 e. The van der Waals surface area contributed by atoms with Gasteiger partial charge in [0.05, 0.1) is 16.6 Å². The molecule has 0 saturated carbocycles. The van der Waals surface area contributed by atoms with E-state index < -0.39 is 10.5 Å². The number of nitro groups is 1. The molecule has 0 aromatic carbocycles. The van der Waals surface area contributed by atoms with Crippen molar-refractivity contribution in [1.29, 1.82) is 0 Å². The molecule has 0 spiro atoms. The Bertz CT molecular complexity index is 481. The molecular formula is C10H15N5O3. The average Bonchev–Trinajstić information content (AvgIpc) is 2.58. The van der Waals surface area contributed by atoms with Gasteiger partial charge in [0.25, 0.3) is 0 Å². The summed E-state index contributed by atoms with van der Waals surface area (Å²) in [5.74, 6) is 0.130. The second-order valence-corrected chi connectivity index (χ2v) is 4.52. The van der Waals surface area contributed by atoms with Gasteiger partial charge in [-0.2, -0.15) is 4.98 Å². The maximum atomic E-state index is 10.9. The highest BCUT2D eigenvalue weighted by Crippen LogP contribution is 2.32. The van der Waals surface area contributed by atoms with Crippen LogP contribution in [-0.2, 0) is 4.74 Å². The molecule has 2 unspecified atom stereocenters. The molecule has 0 amide bonds. The fraction of sp³-hybridized carbons (Fsp3) is 0.600. The Balaban J connectivity index is 2.33. The summed E-state index contributed by atoms with van der Waals surface area (Å²) in [7, 11) is 0. The number of ether oxygens (including phenoxy) is 1. The molecule has 2 rings (SSSR count). The van der Waals surface area contributed by atoms with Gasteiger partial charge in [0, 0.05) is 6.61 Å². The molecule has 98 valence electrons. The Morgan fingerprint density at radius 2 is 2.44 bits per heavy atom. The van der Waals surface area contributed by atoms with Gasteiger partial charge >= 0.3 is 5.69 Å². The summed E-state index contributed by atoms with van der Waals surface area (Å²) in [6.07, 6.45) is 1.79. The summed E-state index contributed by atoms with van der Waals surface area (Å²) in [6, 6.07) is 0. The summed E-state index contributed by atoms with van der Waals surface area (Å²) in [5, 5.41) is 14.0. The summed E-state index contributed by atoms with van der Waals surface area (Å²) in [4.78, 5) is 17.9. The van der Waals surface area contributed by atoms with E-state index in [2.05, 4.69) is 15.3 Å². The predicted octanol–water partition coefficient (Wildman–Crippen LogP) is 0.946. The van der Waals surface area contributed by atoms with Crippen LogP contribution in [0.5, 0.6) is 0 Å². The van der Waals surface area contributed by atoms with E-state index in [-0.39, 0.29) is 23.6 Å². The lowest BCUT2D eigenvalue weighted by Gasteiger charge is -2.29. The normalized spacial score (nSPS) is 27.1. The first kappa shape index (κ1) is 12.5. The van der Waals surface area contributed by atoms with Crippen LogP contribution in [-0.4, -0.2) is 33.1 Å². The number of hydrogen-bond acceptors (Lipinski definition) is 7. The summed E-state index contributed by atoms with van der Waals surface area (Å²) < 4.78 is 5.46. The largest absolute Gasteiger partial charge is 0.376 e. The fourth-order valence-electron chi connectivity index (χ4n) is 1.88. The fourth-order valence-corrected chi connectivity index (χ4v) is 1.88. The van der Waals surface area contributed by atoms with E-state index >= 15 is 0 Å². The highest BCUT2D eigenvalue weighted by Gasteiger charge is 2.38. The monoisotopic (exact) mass is 253 g/mol. The van der Waals surface area contributed by atoms with E-state index in [4.69, 9.17) is 10.5 Å². The first-order valence-corrected chi connectivity index (χ1v) is 5.59. The van der Waals surface area contributed by atoms with Crippen LogP contribution in [0.3, 0.4) is 0 Å². The SMILES string of the molecule is CC1OCCC1(C)Nc1nc(N)ncc1[N+](=O)[O-]. The highest BCUT2D eigenvalue weighted by atomic mass is 16.6. The van der Waals surface area contributed by atoms with Crippen LogP contribution in [0.2, 0.25) is 0 Å². The average molecular weight is 253 g/mol. The molecular weight excluding hydrogens is 238 g/mol. The number of nitrogens with zero attached hydrogens (tertiary/aromatic N) is 3. The van der Waals surface area contributed by atoms with Crippen molar-refractivity contribution in [2.45, 2.75) is 31.9 Å². The number of hydrogen-bond donors (Lipinski definition) is 2. The van der Waals surface area contributed by atoms with Gasteiger partial charge in [-0.1, -0.05) is 0 Å². The number of nitrogen functional groups attached to an aromatic ring is 1. The maximum Gasteiger partial charge on any atom is 0.329 e. The number of rotatable bonds is 3. The van der Waals surface area contributed by atoms with Crippen molar-refractivity contribution in [2.75, 3.05) is 17.7 Å². The third-order valence-corrected chi connectivity index (χ3v) is 3.28. The van der Waals surface area contributed by atoms with E-state index in [1.54, 1.807) is 0 Å². The quantitative estimate of drug-likeness (QED) is 0.608. The lowest BCUT2D eigenvalue weighted by Crippen LogP contribution is -2.41. The van der Waals surface area contributed by atoms with E-state index in [9.17, 15) is 10.1 Å². The number of anilines is 2. The van der Waals surface area contributed by atoms with Crippen molar-refractivity contribution in [3.05, 3.63) is 16.3 Å². The molecule has 0 bridgehead atoms. The molecule has 1 saturated heterocycles. The lowest BCUT2D eigenvalue weighted by atomic mass is 9.95. The van der Waals surface area contributed by atoms with Crippen LogP contribution in [0.25, 0.3) is 0 Å². The third kappa shape index (κ3) is 2.19. The van der Waals surface area contributed by atoms with Gasteiger partial charge < -0.3 is 15.8 Å². The minimum atomic E-state index is -0.536. The molecule has 18 heavy (non-hydrogen) atoms.